The van der Waals surface area contributed by atoms with Gasteiger partial charge in [-0.3, -0.25) is 24.1 Å². The predicted octanol–water partition coefficient (Wildman–Crippen LogP) is 2.01. The summed E-state index contributed by atoms with van der Waals surface area (Å²) in [5.74, 6) is -1.93. The summed E-state index contributed by atoms with van der Waals surface area (Å²) >= 11 is 2.78. The number of thiazole rings is 1. The molecule has 1 aromatic heterocycles. The van der Waals surface area contributed by atoms with Crippen LogP contribution in [0, 0.1) is 29.6 Å². The second-order valence-corrected chi connectivity index (χ2v) is 11.4. The Bertz CT molecular complexity index is 1290. The van der Waals surface area contributed by atoms with Crippen molar-refractivity contribution >= 4 is 40.9 Å². The van der Waals surface area contributed by atoms with Crippen LogP contribution >= 0.6 is 23.1 Å². The maximum Gasteiger partial charge on any atom is 0.323 e. The van der Waals surface area contributed by atoms with Gasteiger partial charge in [0.05, 0.1) is 31.1 Å². The molecular weight excluding hydrogens is 480 g/mol. The number of methoxy groups -OCH3 is 2. The van der Waals surface area contributed by atoms with Gasteiger partial charge in [0.15, 0.2) is 11.5 Å². The average Bonchev–Trinajstić information content (AvgIpc) is 3.54. The van der Waals surface area contributed by atoms with E-state index in [-0.39, 0.29) is 45.6 Å². The van der Waals surface area contributed by atoms with Gasteiger partial charge in [0.1, 0.15) is 6.54 Å². The van der Waals surface area contributed by atoms with E-state index in [9.17, 15) is 24.3 Å². The molecule has 1 aromatic carbocycles. The molecule has 2 N–H and O–H groups in total. The van der Waals surface area contributed by atoms with E-state index in [2.05, 4.69) is 4.98 Å². The van der Waals surface area contributed by atoms with Crippen LogP contribution in [0.5, 0.6) is 11.5 Å². The first kappa shape index (κ1) is 21.7. The summed E-state index contributed by atoms with van der Waals surface area (Å²) in [5.41, 5.74) is 0.965. The van der Waals surface area contributed by atoms with Crippen LogP contribution in [0.4, 0.5) is 0 Å². The maximum atomic E-state index is 13.2. The van der Waals surface area contributed by atoms with E-state index in [4.69, 9.17) is 9.47 Å². The molecule has 7 atom stereocenters. The molecule has 4 aliphatic rings. The maximum absolute atomic E-state index is 13.2. The molecule has 34 heavy (non-hydrogen) atoms. The molecule has 0 unspecified atom stereocenters. The highest BCUT2D eigenvalue weighted by atomic mass is 32.2. The topological polar surface area (TPSA) is 126 Å². The normalized spacial score (nSPS) is 33.0. The summed E-state index contributed by atoms with van der Waals surface area (Å²) in [7, 11) is 3.14. The number of thioether (sulfide) groups is 1. The second kappa shape index (κ2) is 7.61. The van der Waals surface area contributed by atoms with E-state index in [0.29, 0.717) is 11.5 Å². The number of carbonyl (C=O) groups is 3. The molecule has 11 heteroatoms. The van der Waals surface area contributed by atoms with Gasteiger partial charge in [0, 0.05) is 16.0 Å². The number of likely N-dealkylation sites (tertiary alicyclic amines) is 1. The standard InChI is InChI=1S/C23H22N2O7S2/c1-31-11-4-3-8(5-12(11)32-2)14-15-9-6-10(18(15)33-20-19(14)34-23(30)24-20)17-16(9)21(28)25(22(17)29)7-13(26)27/h3-5,9-10,14-18H,6-7H2,1-2H3,(H,24,30)(H,26,27)/t9-,10+,14-,15+,16+,17+,18+/m0/s1. The van der Waals surface area contributed by atoms with Crippen molar-refractivity contribution in [3.05, 3.63) is 38.3 Å². The number of carbonyl (C=O) groups excluding carboxylic acids is 2. The Labute approximate surface area is 202 Å². The zero-order chi connectivity index (χ0) is 23.9. The number of aliphatic carboxylic acids is 1. The van der Waals surface area contributed by atoms with Crippen LogP contribution in [-0.2, 0) is 14.4 Å². The number of hydrogen-bond donors (Lipinski definition) is 2. The van der Waals surface area contributed by atoms with Crippen LogP contribution < -0.4 is 14.3 Å². The van der Waals surface area contributed by atoms with E-state index < -0.39 is 24.3 Å². The molecule has 2 amide bonds. The number of hydrogen-bond acceptors (Lipinski definition) is 8. The average molecular weight is 503 g/mol. The number of carboxylic acid groups (broad SMARTS) is 1. The largest absolute Gasteiger partial charge is 0.493 e. The fraction of sp³-hybridized carbons (Fsp3) is 0.478. The van der Waals surface area contributed by atoms with E-state index in [0.717, 1.165) is 26.8 Å². The van der Waals surface area contributed by atoms with Gasteiger partial charge in [-0.1, -0.05) is 17.4 Å². The third kappa shape index (κ3) is 2.86. The lowest BCUT2D eigenvalue weighted by Gasteiger charge is -2.43. The molecule has 1 saturated heterocycles. The molecule has 2 saturated carbocycles. The SMILES string of the molecule is COc1ccc([C@@H]2c3sc(=O)[nH]c3S[C@@H]3[C@@H]4C[C@H]([C@H]5C(=O)N(CC(=O)O)C(=O)[C@H]45)[C@H]23)cc1OC. The minimum atomic E-state index is -1.19. The molecule has 3 fully saturated rings. The number of aromatic nitrogens is 1. The van der Waals surface area contributed by atoms with Crippen molar-refractivity contribution in [2.45, 2.75) is 22.6 Å². The molecule has 3 heterocycles. The monoisotopic (exact) mass is 502 g/mol. The quantitative estimate of drug-likeness (QED) is 0.595. The Balaban J connectivity index is 1.46. The highest BCUT2D eigenvalue weighted by Gasteiger charge is 2.69. The number of H-pyrrole nitrogens is 1. The Kier molecular flexibility index (Phi) is 4.86. The lowest BCUT2D eigenvalue weighted by atomic mass is 9.68. The van der Waals surface area contributed by atoms with Gasteiger partial charge in [0.25, 0.3) is 0 Å². The fourth-order valence-electron chi connectivity index (χ4n) is 6.79. The second-order valence-electron chi connectivity index (χ2n) is 9.23. The molecule has 0 spiro atoms. The number of benzene rings is 1. The summed E-state index contributed by atoms with van der Waals surface area (Å²) in [6.45, 7) is -0.591. The predicted molar refractivity (Wildman–Crippen MR) is 122 cm³/mol. The van der Waals surface area contributed by atoms with Gasteiger partial charge in [0.2, 0.25) is 11.8 Å². The Morgan fingerprint density at radius 3 is 2.50 bits per heavy atom. The van der Waals surface area contributed by atoms with Crippen LogP contribution in [-0.4, -0.2) is 58.8 Å². The van der Waals surface area contributed by atoms with Crippen molar-refractivity contribution in [1.29, 1.82) is 0 Å². The van der Waals surface area contributed by atoms with Crippen molar-refractivity contribution in [2.24, 2.45) is 29.6 Å². The number of imide groups is 1. The molecule has 0 radical (unpaired) electrons. The minimum Gasteiger partial charge on any atom is -0.493 e. The van der Waals surface area contributed by atoms with Crippen LogP contribution in [0.25, 0.3) is 0 Å². The van der Waals surface area contributed by atoms with Crippen LogP contribution in [0.3, 0.4) is 0 Å². The molecular formula is C23H22N2O7S2. The Hall–Kier alpha value is -2.79. The Morgan fingerprint density at radius 2 is 1.82 bits per heavy atom. The van der Waals surface area contributed by atoms with Crippen molar-refractivity contribution in [3.8, 4) is 11.5 Å². The van der Waals surface area contributed by atoms with Gasteiger partial charge >= 0.3 is 10.8 Å². The van der Waals surface area contributed by atoms with Gasteiger partial charge in [-0.2, -0.15) is 0 Å². The van der Waals surface area contributed by atoms with E-state index in [1.807, 2.05) is 18.2 Å². The van der Waals surface area contributed by atoms with Crippen LogP contribution in [0.2, 0.25) is 0 Å². The van der Waals surface area contributed by atoms with Gasteiger partial charge in [-0.05, 0) is 41.9 Å². The first-order valence-electron chi connectivity index (χ1n) is 11.0. The third-order valence-electron chi connectivity index (χ3n) is 7.88. The Morgan fingerprint density at radius 1 is 1.12 bits per heavy atom. The van der Waals surface area contributed by atoms with Gasteiger partial charge in [-0.15, -0.1) is 11.8 Å². The van der Waals surface area contributed by atoms with Crippen molar-refractivity contribution in [2.75, 3.05) is 20.8 Å². The van der Waals surface area contributed by atoms with E-state index >= 15 is 0 Å². The lowest BCUT2D eigenvalue weighted by Crippen LogP contribution is -2.42. The van der Waals surface area contributed by atoms with Crippen molar-refractivity contribution in [3.63, 3.8) is 0 Å². The summed E-state index contributed by atoms with van der Waals surface area (Å²) < 4.78 is 10.9. The highest BCUT2D eigenvalue weighted by Crippen LogP contribution is 2.68. The fourth-order valence-corrected chi connectivity index (χ4v) is 9.68. The zero-order valence-corrected chi connectivity index (χ0v) is 20.0. The summed E-state index contributed by atoms with van der Waals surface area (Å²) in [5, 5.41) is 10.1. The number of fused-ring (bicyclic) bond motifs is 9. The van der Waals surface area contributed by atoms with E-state index in [1.165, 1.54) is 11.3 Å². The number of aromatic amines is 1. The molecule has 2 aliphatic heterocycles. The van der Waals surface area contributed by atoms with Crippen LogP contribution in [0.1, 0.15) is 22.8 Å². The minimum absolute atomic E-state index is 0.0369. The van der Waals surface area contributed by atoms with Crippen LogP contribution in [0.15, 0.2) is 28.0 Å². The summed E-state index contributed by atoms with van der Waals surface area (Å²) in [4.78, 5) is 54.6. The first-order valence-corrected chi connectivity index (χ1v) is 12.7. The summed E-state index contributed by atoms with van der Waals surface area (Å²) in [6.07, 6.45) is 0.749. The number of nitrogens with one attached hydrogen (secondary N) is 1. The summed E-state index contributed by atoms with van der Waals surface area (Å²) in [6, 6.07) is 5.73. The molecule has 9 nitrogen and oxygen atoms in total. The molecule has 6 rings (SSSR count). The van der Waals surface area contributed by atoms with Crippen molar-refractivity contribution < 1.29 is 29.0 Å². The highest BCUT2D eigenvalue weighted by molar-refractivity contribution is 8.00. The number of carboxylic acids is 1. The molecule has 2 aliphatic carbocycles. The molecule has 2 aromatic rings. The first-order chi connectivity index (χ1) is 16.3. The number of rotatable bonds is 5. The van der Waals surface area contributed by atoms with Gasteiger partial charge in [-0.25, -0.2) is 0 Å². The smallest absolute Gasteiger partial charge is 0.323 e. The number of amides is 2. The molecule has 178 valence electrons. The van der Waals surface area contributed by atoms with E-state index in [1.54, 1.807) is 26.0 Å². The van der Waals surface area contributed by atoms with Gasteiger partial charge < -0.3 is 19.6 Å². The van der Waals surface area contributed by atoms with Crippen molar-refractivity contribution in [1.82, 2.24) is 9.88 Å². The number of nitrogens with zero attached hydrogens (tertiary/aromatic N) is 1. The third-order valence-corrected chi connectivity index (χ3v) is 10.5. The number of ether oxygens (including phenoxy) is 2. The lowest BCUT2D eigenvalue weighted by molar-refractivity contribution is -0.149. The molecule has 2 bridgehead atoms. The zero-order valence-electron chi connectivity index (χ0n) is 18.3.